The number of likely N-dealkylation sites (N-methyl/N-ethyl adjacent to an activating group) is 7. The predicted octanol–water partition coefficient (Wildman–Crippen LogP) is 6.80. The number of hydrogen-bond donors (Lipinski definition) is 2. The molecule has 0 aliphatic carbocycles. The van der Waals surface area contributed by atoms with E-state index in [1.54, 1.807) is 82.2 Å². The molecule has 89 heavy (non-hydrogen) atoms. The van der Waals surface area contributed by atoms with Crippen molar-refractivity contribution in [1.29, 1.82) is 0 Å². The van der Waals surface area contributed by atoms with Gasteiger partial charge in [-0.2, -0.15) is 0 Å². The number of amides is 8. The fourth-order valence-corrected chi connectivity index (χ4v) is 12.6. The van der Waals surface area contributed by atoms with Crippen LogP contribution in [0.15, 0.2) is 12.2 Å². The quantitative estimate of drug-likeness (QED) is 0.142. The third kappa shape index (κ3) is 22.1. The number of allylic oxidation sites excluding steroid dienone is 2. The normalized spacial score (nSPS) is 27.7. The van der Waals surface area contributed by atoms with E-state index in [9.17, 15) is 33.9 Å². The Morgan fingerprint density at radius 1 is 0.483 bits per heavy atom. The van der Waals surface area contributed by atoms with Gasteiger partial charge in [0.05, 0.1) is 24.8 Å². The first-order chi connectivity index (χ1) is 41.1. The largest absolute Gasteiger partial charge is 0.390 e. The number of nitrogens with zero attached hydrogens (tertiary/aromatic N) is 7. The van der Waals surface area contributed by atoms with Gasteiger partial charge in [-0.15, -0.1) is 0 Å². The van der Waals surface area contributed by atoms with Crippen LogP contribution in [0.25, 0.3) is 0 Å². The summed E-state index contributed by atoms with van der Waals surface area (Å²) in [6, 6.07) is -9.73. The molecule has 0 aromatic rings. The summed E-state index contributed by atoms with van der Waals surface area (Å²) in [4.78, 5) is 173. The highest BCUT2D eigenvalue weighted by molar-refractivity contribution is 6.00. The maximum Gasteiger partial charge on any atom is 0.246 e. The smallest absolute Gasteiger partial charge is 0.246 e. The third-order valence-corrected chi connectivity index (χ3v) is 18.1. The fraction of sp³-hybridized carbons (Fsp3) is 0.809. The van der Waals surface area contributed by atoms with Gasteiger partial charge >= 0.3 is 0 Å². The standard InChI is InChI=1S/C68H120N8O13/c1-27-29-30-44(15)60(80)59-61(81)69-49(28-2)64(84)73(22)56(42(11)12)67(87)75(24)58(47(18)37-89-26)55(79)36-48(41(9)10)63(83)70(19)50(31-38(3)4)54(78)34-45(16)53(77)35-46(17)62(82)71(20)51(32-39(5)6)65(85)72(21)52(33-40(7)8)66(86)74(23)57(43(13)14)68(88)76(59)25/h27,29,38-52,56-60,80H,28,30-37H2,1-26H3,(H,69,81)/b29-27+/t44-,45-,46+,47-,48+,49+,50+,51+,52+,56-,57+,58?,59+,60-/m1/s1. The Morgan fingerprint density at radius 3 is 1.31 bits per heavy atom. The lowest BCUT2D eigenvalue weighted by molar-refractivity contribution is -0.158. The number of hydrogen-bond acceptors (Lipinski definition) is 13. The van der Waals surface area contributed by atoms with E-state index in [2.05, 4.69) is 5.32 Å². The van der Waals surface area contributed by atoms with Gasteiger partial charge in [0.25, 0.3) is 0 Å². The number of aliphatic hydroxyl groups excluding tert-OH is 1. The summed E-state index contributed by atoms with van der Waals surface area (Å²) in [6.07, 6.45) is 2.22. The third-order valence-electron chi connectivity index (χ3n) is 18.1. The lowest BCUT2D eigenvalue weighted by Gasteiger charge is -2.42. The molecule has 0 radical (unpaired) electrons. The van der Waals surface area contributed by atoms with Gasteiger partial charge in [0.15, 0.2) is 11.6 Å². The molecule has 14 atom stereocenters. The molecule has 8 amide bonds. The van der Waals surface area contributed by atoms with E-state index in [0.29, 0.717) is 6.42 Å². The number of rotatable bonds is 17. The van der Waals surface area contributed by atoms with Gasteiger partial charge in [-0.1, -0.05) is 130 Å². The van der Waals surface area contributed by atoms with Crippen molar-refractivity contribution in [2.24, 2.45) is 65.1 Å². The van der Waals surface area contributed by atoms with Crippen molar-refractivity contribution < 1.29 is 62.6 Å². The molecule has 510 valence electrons. The maximum absolute atomic E-state index is 15.3. The van der Waals surface area contributed by atoms with E-state index in [1.165, 1.54) is 85.8 Å². The van der Waals surface area contributed by atoms with Gasteiger partial charge in [-0.05, 0) is 80.5 Å². The van der Waals surface area contributed by atoms with E-state index < -0.39 is 155 Å². The Morgan fingerprint density at radius 2 is 0.888 bits per heavy atom. The molecule has 1 rings (SSSR count). The Hall–Kier alpha value is -5.57. The second-order valence-electron chi connectivity index (χ2n) is 28.2. The summed E-state index contributed by atoms with van der Waals surface area (Å²) in [6.45, 7) is 32.2. The number of methoxy groups -OCH3 is 1. The maximum atomic E-state index is 15.3. The molecule has 0 aromatic heterocycles. The van der Waals surface area contributed by atoms with Crippen LogP contribution in [0.3, 0.4) is 0 Å². The van der Waals surface area contributed by atoms with Crippen LogP contribution in [0.2, 0.25) is 0 Å². The van der Waals surface area contributed by atoms with Crippen molar-refractivity contribution in [1.82, 2.24) is 39.6 Å². The molecule has 0 spiro atoms. The number of ketones is 3. The molecule has 1 aliphatic rings. The zero-order valence-electron chi connectivity index (χ0n) is 59.5. The Bertz CT molecular complexity index is 2430. The monoisotopic (exact) mass is 1260 g/mol. The van der Waals surface area contributed by atoms with E-state index in [-0.39, 0.29) is 80.9 Å². The van der Waals surface area contributed by atoms with Crippen LogP contribution in [0, 0.1) is 65.1 Å². The second kappa shape index (κ2) is 37.1. The van der Waals surface area contributed by atoms with Gasteiger partial charge in [-0.3, -0.25) is 52.7 Å². The second-order valence-corrected chi connectivity index (χ2v) is 28.2. The summed E-state index contributed by atoms with van der Waals surface area (Å²) >= 11 is 0. The molecular formula is C68H120N8O13. The molecular weight excluding hydrogens is 1140 g/mol. The summed E-state index contributed by atoms with van der Waals surface area (Å²) < 4.78 is 5.54. The zero-order chi connectivity index (χ0) is 69.1. The van der Waals surface area contributed by atoms with Crippen molar-refractivity contribution in [2.45, 2.75) is 230 Å². The number of aliphatic hydroxyl groups is 1. The minimum absolute atomic E-state index is 0.0144. The van der Waals surface area contributed by atoms with Crippen molar-refractivity contribution in [3.05, 3.63) is 12.2 Å². The molecule has 1 saturated heterocycles. The molecule has 1 heterocycles. The van der Waals surface area contributed by atoms with Gasteiger partial charge in [0.1, 0.15) is 42.0 Å². The Labute approximate surface area is 535 Å². The molecule has 0 bridgehead atoms. The van der Waals surface area contributed by atoms with Crippen LogP contribution < -0.4 is 5.32 Å². The zero-order valence-corrected chi connectivity index (χ0v) is 59.5. The van der Waals surface area contributed by atoms with E-state index >= 15 is 24.0 Å². The average molecular weight is 1260 g/mol. The topological polar surface area (TPSA) is 252 Å². The molecule has 1 fully saturated rings. The summed E-state index contributed by atoms with van der Waals surface area (Å²) in [7, 11) is 11.7. The molecule has 0 saturated carbocycles. The van der Waals surface area contributed by atoms with Gasteiger partial charge < -0.3 is 49.5 Å². The number of carbonyl (C=O) groups is 11. The molecule has 0 aromatic carbocycles. The fourth-order valence-electron chi connectivity index (χ4n) is 12.6. The van der Waals surface area contributed by atoms with Gasteiger partial charge in [-0.25, -0.2) is 0 Å². The first-order valence-electron chi connectivity index (χ1n) is 32.6. The van der Waals surface area contributed by atoms with E-state index in [4.69, 9.17) is 4.74 Å². The Kier molecular flexibility index (Phi) is 33.9. The molecule has 21 nitrogen and oxygen atoms in total. The summed E-state index contributed by atoms with van der Waals surface area (Å²) in [5.41, 5.74) is 0. The van der Waals surface area contributed by atoms with Crippen molar-refractivity contribution >= 4 is 64.6 Å². The molecule has 1 aliphatic heterocycles. The van der Waals surface area contributed by atoms with Crippen LogP contribution in [0.5, 0.6) is 0 Å². The number of Topliss-reactive ketones (excluding diaryl/α,β-unsaturated/α-hetero) is 3. The van der Waals surface area contributed by atoms with Gasteiger partial charge in [0.2, 0.25) is 47.3 Å². The number of nitrogens with one attached hydrogen (secondary N) is 1. The van der Waals surface area contributed by atoms with Crippen LogP contribution in [-0.2, 0) is 57.5 Å². The number of carbonyl (C=O) groups excluding carboxylic acids is 11. The first kappa shape index (κ1) is 81.4. The Balaban J connectivity index is 4.49. The lowest BCUT2D eigenvalue weighted by Crippen LogP contribution is -2.64. The van der Waals surface area contributed by atoms with Crippen LogP contribution in [0.1, 0.15) is 176 Å². The summed E-state index contributed by atoms with van der Waals surface area (Å²) in [5.74, 6) is -12.0. The highest BCUT2D eigenvalue weighted by atomic mass is 16.5. The van der Waals surface area contributed by atoms with Gasteiger partial charge in [0, 0.05) is 99.4 Å². The molecule has 1 unspecified atom stereocenters. The van der Waals surface area contributed by atoms with Crippen molar-refractivity contribution in [2.75, 3.05) is 63.1 Å². The van der Waals surface area contributed by atoms with Crippen molar-refractivity contribution in [3.63, 3.8) is 0 Å². The predicted molar refractivity (Wildman–Crippen MR) is 347 cm³/mol. The highest BCUT2D eigenvalue weighted by Crippen LogP contribution is 2.30. The van der Waals surface area contributed by atoms with Crippen LogP contribution in [-0.4, -0.2) is 222 Å². The minimum atomic E-state index is -1.62. The summed E-state index contributed by atoms with van der Waals surface area (Å²) in [5, 5.41) is 15.0. The van der Waals surface area contributed by atoms with Crippen LogP contribution >= 0.6 is 0 Å². The number of ether oxygens (including phenoxy) is 1. The highest BCUT2D eigenvalue weighted by Gasteiger charge is 2.47. The molecule has 21 heteroatoms. The van der Waals surface area contributed by atoms with Crippen LogP contribution in [0.4, 0.5) is 0 Å². The molecule has 2 N–H and O–H groups in total. The van der Waals surface area contributed by atoms with E-state index in [1.807, 2.05) is 54.5 Å². The van der Waals surface area contributed by atoms with E-state index in [0.717, 1.165) is 4.90 Å². The first-order valence-corrected chi connectivity index (χ1v) is 32.6. The average Bonchev–Trinajstić information content (AvgIpc) is 3.10. The minimum Gasteiger partial charge on any atom is -0.390 e. The van der Waals surface area contributed by atoms with Crippen molar-refractivity contribution in [3.8, 4) is 0 Å². The SMILES string of the molecule is C/C=C/C[C@@H](C)[C@@H](O)[C@H]1C(=O)N[C@@H](CC)C(=O)N(C)[C@H](C(C)C)C(=O)N(C)C([C@H](C)COC)C(=O)C[C@@H](C(C)C)C(=O)N(C)[C@@H](CC(C)C)C(=O)C[C@@H](C)C(=O)C[C@H](C)C(=O)N(C)[C@@H](CC(C)C)C(=O)N(C)[C@@H](CC(C)C)C(=O)N(C)[C@@H](C(C)C)C(=O)N1C. The lowest BCUT2D eigenvalue weighted by atomic mass is 9.83.